The van der Waals surface area contributed by atoms with Gasteiger partial charge < -0.3 is 14.0 Å². The standard InChI is InChI=1S/C30H9BF12O3/c32-13-4-6-17(11-8-15(34)24(37)26(39)20(11)13)44-31(45-18-7-5-14(33)21-12(18)9-16(35)25(38)27(21)40)46-19-3-1-2-10-22(19)28(41)30(43)29(42)23(10)36/h1-9H. The molecule has 0 bridgehead atoms. The van der Waals surface area contributed by atoms with Crippen LogP contribution in [0.3, 0.4) is 0 Å². The number of hydrogen-bond donors (Lipinski definition) is 0. The molecule has 6 rings (SSSR count). The van der Waals surface area contributed by atoms with Crippen molar-refractivity contribution < 1.29 is 66.6 Å². The summed E-state index contributed by atoms with van der Waals surface area (Å²) in [7, 11) is -2.48. The summed E-state index contributed by atoms with van der Waals surface area (Å²) in [4.78, 5) is 0. The molecule has 0 amide bonds. The summed E-state index contributed by atoms with van der Waals surface area (Å²) in [5, 5.41) is -5.69. The van der Waals surface area contributed by atoms with E-state index in [0.29, 0.717) is 24.3 Å². The normalized spacial score (nSPS) is 11.5. The first kappa shape index (κ1) is 30.7. The average molecular weight is 656 g/mol. The Morgan fingerprint density at radius 2 is 0.783 bits per heavy atom. The van der Waals surface area contributed by atoms with Gasteiger partial charge in [0, 0.05) is 16.2 Å². The number of rotatable bonds is 6. The van der Waals surface area contributed by atoms with Crippen molar-refractivity contribution in [3.8, 4) is 17.2 Å². The molecular weight excluding hydrogens is 647 g/mol. The van der Waals surface area contributed by atoms with E-state index in [4.69, 9.17) is 14.0 Å². The van der Waals surface area contributed by atoms with Crippen LogP contribution in [0.2, 0.25) is 0 Å². The van der Waals surface area contributed by atoms with Crippen LogP contribution in [-0.4, -0.2) is 7.32 Å². The van der Waals surface area contributed by atoms with Crippen LogP contribution in [0.25, 0.3) is 32.3 Å². The first-order valence-electron chi connectivity index (χ1n) is 12.6. The smallest absolute Gasteiger partial charge is 0.489 e. The highest BCUT2D eigenvalue weighted by atomic mass is 19.2. The highest BCUT2D eigenvalue weighted by Gasteiger charge is 2.35. The van der Waals surface area contributed by atoms with E-state index in [0.717, 1.165) is 30.3 Å². The third kappa shape index (κ3) is 4.84. The largest absolute Gasteiger partial charge is 0.864 e. The molecule has 3 nitrogen and oxygen atoms in total. The molecule has 0 aliphatic carbocycles. The van der Waals surface area contributed by atoms with Crippen molar-refractivity contribution >= 4 is 39.6 Å². The zero-order chi connectivity index (χ0) is 33.2. The molecule has 0 spiro atoms. The Bertz CT molecular complexity index is 2140. The van der Waals surface area contributed by atoms with E-state index in [1.54, 1.807) is 0 Å². The molecule has 0 radical (unpaired) electrons. The number of halogens is 12. The quantitative estimate of drug-likeness (QED) is 0.0775. The Balaban J connectivity index is 1.55. The summed E-state index contributed by atoms with van der Waals surface area (Å²) in [6, 6.07) is 5.88. The van der Waals surface area contributed by atoms with E-state index in [1.807, 2.05) is 0 Å². The lowest BCUT2D eigenvalue weighted by atomic mass is 10.0. The van der Waals surface area contributed by atoms with E-state index < -0.39 is 127 Å². The first-order chi connectivity index (χ1) is 21.8. The van der Waals surface area contributed by atoms with Gasteiger partial charge >= 0.3 is 7.32 Å². The monoisotopic (exact) mass is 656 g/mol. The van der Waals surface area contributed by atoms with Crippen molar-refractivity contribution in [1.29, 1.82) is 0 Å². The lowest BCUT2D eigenvalue weighted by Gasteiger charge is -2.20. The summed E-state index contributed by atoms with van der Waals surface area (Å²) >= 11 is 0. The van der Waals surface area contributed by atoms with E-state index in [9.17, 15) is 52.7 Å². The van der Waals surface area contributed by atoms with Gasteiger partial charge in [0.1, 0.15) is 28.9 Å². The molecule has 0 saturated carbocycles. The van der Waals surface area contributed by atoms with Crippen LogP contribution >= 0.6 is 0 Å². The second-order valence-corrected chi connectivity index (χ2v) is 9.49. The van der Waals surface area contributed by atoms with Crippen LogP contribution in [0, 0.1) is 69.8 Å². The highest BCUT2D eigenvalue weighted by Crippen LogP contribution is 2.38. The van der Waals surface area contributed by atoms with Crippen LogP contribution in [0.15, 0.2) is 54.6 Å². The van der Waals surface area contributed by atoms with Gasteiger partial charge in [-0.05, 0) is 42.5 Å². The third-order valence-electron chi connectivity index (χ3n) is 6.83. The van der Waals surface area contributed by atoms with Gasteiger partial charge in [-0.3, -0.25) is 0 Å². The first-order valence-corrected chi connectivity index (χ1v) is 12.6. The van der Waals surface area contributed by atoms with Crippen LogP contribution in [0.4, 0.5) is 52.7 Å². The minimum absolute atomic E-state index is 0.315. The number of hydrogen-bond acceptors (Lipinski definition) is 3. The molecule has 16 heteroatoms. The van der Waals surface area contributed by atoms with Crippen LogP contribution in [0.5, 0.6) is 17.2 Å². The van der Waals surface area contributed by atoms with E-state index in [-0.39, 0.29) is 0 Å². The Labute approximate surface area is 248 Å². The van der Waals surface area contributed by atoms with Gasteiger partial charge in [0.2, 0.25) is 0 Å². The van der Waals surface area contributed by atoms with Crippen molar-refractivity contribution in [3.63, 3.8) is 0 Å². The molecule has 0 atom stereocenters. The van der Waals surface area contributed by atoms with Crippen molar-refractivity contribution in [3.05, 3.63) is 124 Å². The Morgan fingerprint density at radius 1 is 0.348 bits per heavy atom. The van der Waals surface area contributed by atoms with Gasteiger partial charge in [-0.2, -0.15) is 0 Å². The fourth-order valence-electron chi connectivity index (χ4n) is 4.74. The summed E-state index contributed by atoms with van der Waals surface area (Å²) in [6.07, 6.45) is 0. The molecule has 0 saturated heterocycles. The number of fused-ring (bicyclic) bond motifs is 3. The molecule has 0 aromatic heterocycles. The maximum atomic E-state index is 14.9. The lowest BCUT2D eigenvalue weighted by molar-refractivity contribution is 0.310. The molecule has 6 aromatic rings. The predicted molar refractivity (Wildman–Crippen MR) is 139 cm³/mol. The van der Waals surface area contributed by atoms with Gasteiger partial charge in [0.25, 0.3) is 0 Å². The maximum absolute atomic E-state index is 14.9. The summed E-state index contributed by atoms with van der Waals surface area (Å²) in [6.45, 7) is 0. The molecule has 46 heavy (non-hydrogen) atoms. The van der Waals surface area contributed by atoms with Crippen LogP contribution in [-0.2, 0) is 0 Å². The fourth-order valence-corrected chi connectivity index (χ4v) is 4.74. The summed E-state index contributed by atoms with van der Waals surface area (Å²) < 4.78 is 188. The SMILES string of the molecule is Fc1cc2c(OB(Oc3ccc(F)c4c(F)c(F)c(F)cc34)Oc3cccc4c(F)c(F)c(F)c(F)c34)ccc(F)c2c(F)c1F. The van der Waals surface area contributed by atoms with E-state index >= 15 is 0 Å². The number of benzene rings is 6. The second-order valence-electron chi connectivity index (χ2n) is 9.49. The molecule has 0 aliphatic heterocycles. The molecular formula is C30H9BF12O3. The van der Waals surface area contributed by atoms with Crippen molar-refractivity contribution in [1.82, 2.24) is 0 Å². The zero-order valence-electron chi connectivity index (χ0n) is 22.0. The van der Waals surface area contributed by atoms with Gasteiger partial charge in [-0.25, -0.2) is 52.7 Å². The average Bonchev–Trinajstić information content (AvgIpc) is 3.02. The zero-order valence-corrected chi connectivity index (χ0v) is 22.0. The molecule has 234 valence electrons. The van der Waals surface area contributed by atoms with Gasteiger partial charge in [-0.1, -0.05) is 12.1 Å². The third-order valence-corrected chi connectivity index (χ3v) is 6.83. The summed E-state index contributed by atoms with van der Waals surface area (Å²) in [5.41, 5.74) is 0. The molecule has 0 aliphatic rings. The van der Waals surface area contributed by atoms with Gasteiger partial charge in [0.15, 0.2) is 58.2 Å². The lowest BCUT2D eigenvalue weighted by Crippen LogP contribution is -2.37. The Morgan fingerprint density at radius 3 is 1.28 bits per heavy atom. The molecule has 6 aromatic carbocycles. The molecule has 0 heterocycles. The van der Waals surface area contributed by atoms with Gasteiger partial charge in [0.05, 0.1) is 16.2 Å². The van der Waals surface area contributed by atoms with E-state index in [1.165, 1.54) is 0 Å². The highest BCUT2D eigenvalue weighted by molar-refractivity contribution is 6.40. The molecule has 0 N–H and O–H groups in total. The van der Waals surface area contributed by atoms with Crippen molar-refractivity contribution in [2.45, 2.75) is 0 Å². The van der Waals surface area contributed by atoms with Crippen molar-refractivity contribution in [2.24, 2.45) is 0 Å². The van der Waals surface area contributed by atoms with Crippen LogP contribution < -0.4 is 14.0 Å². The second kappa shape index (κ2) is 11.3. The van der Waals surface area contributed by atoms with Crippen molar-refractivity contribution in [2.75, 3.05) is 0 Å². The molecule has 0 fully saturated rings. The van der Waals surface area contributed by atoms with Crippen LogP contribution in [0.1, 0.15) is 0 Å². The minimum atomic E-state index is -2.48. The Hall–Kier alpha value is -5.28. The topological polar surface area (TPSA) is 27.7 Å². The molecule has 0 unspecified atom stereocenters. The minimum Gasteiger partial charge on any atom is -0.489 e. The summed E-state index contributed by atoms with van der Waals surface area (Å²) in [5.74, 6) is -25.0. The fraction of sp³-hybridized carbons (Fsp3) is 0. The predicted octanol–water partition coefficient (Wildman–Crippen LogP) is 9.34. The van der Waals surface area contributed by atoms with E-state index in [2.05, 4.69) is 0 Å². The maximum Gasteiger partial charge on any atom is 0.864 e. The van der Waals surface area contributed by atoms with Gasteiger partial charge in [-0.15, -0.1) is 0 Å². The Kier molecular flexibility index (Phi) is 7.53.